The largest absolute Gasteiger partial charge is 0.507 e. The van der Waals surface area contributed by atoms with Gasteiger partial charge in [0.25, 0.3) is 0 Å². The molecule has 1 aliphatic rings. The smallest absolute Gasteiger partial charge is 0.190 e. The van der Waals surface area contributed by atoms with Crippen molar-refractivity contribution in [1.29, 1.82) is 0 Å². The lowest BCUT2D eigenvalue weighted by Crippen LogP contribution is -2.11. The molecule has 0 amide bonds. The number of aromatic hydroxyl groups is 1. The van der Waals surface area contributed by atoms with Crippen LogP contribution < -0.4 is 0 Å². The highest BCUT2D eigenvalue weighted by atomic mass is 16.3. The number of benzene rings is 1. The van der Waals surface area contributed by atoms with Crippen LogP contribution in [0.1, 0.15) is 34.6 Å². The molecular formula is C13H14O4. The summed E-state index contributed by atoms with van der Waals surface area (Å²) in [6.07, 6.45) is 2.22. The van der Waals surface area contributed by atoms with E-state index in [1.54, 1.807) is 19.9 Å². The van der Waals surface area contributed by atoms with Gasteiger partial charge >= 0.3 is 0 Å². The zero-order chi connectivity index (χ0) is 13.0. The van der Waals surface area contributed by atoms with E-state index in [1.165, 1.54) is 24.3 Å². The first-order valence-electron chi connectivity index (χ1n) is 5.20. The second kappa shape index (κ2) is 5.41. The maximum atomic E-state index is 11.3. The Labute approximate surface area is 99.2 Å². The van der Waals surface area contributed by atoms with Crippen LogP contribution in [0.15, 0.2) is 30.4 Å². The molecule has 2 rings (SSSR count). The van der Waals surface area contributed by atoms with Crippen LogP contribution in [0.2, 0.25) is 0 Å². The highest BCUT2D eigenvalue weighted by Gasteiger charge is 2.21. The summed E-state index contributed by atoms with van der Waals surface area (Å²) >= 11 is 0. The van der Waals surface area contributed by atoms with Crippen molar-refractivity contribution in [1.82, 2.24) is 0 Å². The second-order valence-corrected chi connectivity index (χ2v) is 3.86. The van der Waals surface area contributed by atoms with Crippen molar-refractivity contribution in [3.05, 3.63) is 41.5 Å². The molecule has 17 heavy (non-hydrogen) atoms. The Bertz CT molecular complexity index is 470. The standard InChI is InChI=1S/C10H6O3.C3H8O/c11-7-4-5-9(13)10-6(7)2-1-3-8(10)12;1-3(2)4/h1-5,12H;3-4H,1-2H3. The summed E-state index contributed by atoms with van der Waals surface area (Å²) in [4.78, 5) is 22.5. The second-order valence-electron chi connectivity index (χ2n) is 3.86. The van der Waals surface area contributed by atoms with Gasteiger partial charge in [0.2, 0.25) is 0 Å². The molecule has 0 fully saturated rings. The van der Waals surface area contributed by atoms with Gasteiger partial charge in [0, 0.05) is 11.7 Å². The van der Waals surface area contributed by atoms with E-state index >= 15 is 0 Å². The molecule has 90 valence electrons. The van der Waals surface area contributed by atoms with E-state index in [0.717, 1.165) is 0 Å². The number of aliphatic hydroxyl groups excluding tert-OH is 1. The SMILES string of the molecule is CC(C)O.O=C1C=CC(=O)c2c(O)cccc21. The average molecular weight is 234 g/mol. The Balaban J connectivity index is 0.000000317. The molecule has 0 bridgehead atoms. The molecule has 4 heteroatoms. The van der Waals surface area contributed by atoms with E-state index in [4.69, 9.17) is 5.11 Å². The van der Waals surface area contributed by atoms with Crippen LogP contribution >= 0.6 is 0 Å². The number of fused-ring (bicyclic) bond motifs is 1. The number of hydrogen-bond donors (Lipinski definition) is 2. The molecule has 0 atom stereocenters. The summed E-state index contributed by atoms with van der Waals surface area (Å²) in [7, 11) is 0. The molecule has 0 saturated carbocycles. The first kappa shape index (κ1) is 13.1. The summed E-state index contributed by atoms with van der Waals surface area (Å²) in [5.41, 5.74) is 0.377. The van der Waals surface area contributed by atoms with Gasteiger partial charge in [-0.3, -0.25) is 9.59 Å². The lowest BCUT2D eigenvalue weighted by Gasteiger charge is -2.09. The molecule has 0 aliphatic heterocycles. The lowest BCUT2D eigenvalue weighted by atomic mass is 9.94. The third-order valence-corrected chi connectivity index (χ3v) is 1.94. The van der Waals surface area contributed by atoms with Crippen LogP contribution in [0.4, 0.5) is 0 Å². The number of carbonyl (C=O) groups excluding carboxylic acids is 2. The predicted octanol–water partition coefficient (Wildman–Crippen LogP) is 1.71. The van der Waals surface area contributed by atoms with E-state index in [0.29, 0.717) is 0 Å². The van der Waals surface area contributed by atoms with Crippen molar-refractivity contribution in [2.24, 2.45) is 0 Å². The molecule has 1 aromatic rings. The average Bonchev–Trinajstić information content (AvgIpc) is 2.23. The van der Waals surface area contributed by atoms with Crippen molar-refractivity contribution in [3.63, 3.8) is 0 Å². The topological polar surface area (TPSA) is 74.6 Å². The number of phenols is 1. The van der Waals surface area contributed by atoms with Crippen molar-refractivity contribution >= 4 is 11.6 Å². The maximum Gasteiger partial charge on any atom is 0.190 e. The minimum absolute atomic E-state index is 0.106. The maximum absolute atomic E-state index is 11.3. The van der Waals surface area contributed by atoms with Crippen LogP contribution in [-0.4, -0.2) is 27.9 Å². The monoisotopic (exact) mass is 234 g/mol. The number of rotatable bonds is 0. The quantitative estimate of drug-likeness (QED) is 0.716. The summed E-state index contributed by atoms with van der Waals surface area (Å²) in [5.74, 6) is -0.710. The molecule has 1 aromatic carbocycles. The van der Waals surface area contributed by atoms with Gasteiger partial charge in [0.05, 0.1) is 5.56 Å². The normalized spacial score (nSPS) is 13.2. The first-order valence-corrected chi connectivity index (χ1v) is 5.20. The molecule has 2 N–H and O–H groups in total. The van der Waals surface area contributed by atoms with E-state index in [2.05, 4.69) is 0 Å². The van der Waals surface area contributed by atoms with Crippen LogP contribution in [0.3, 0.4) is 0 Å². The molecule has 1 aliphatic carbocycles. The zero-order valence-corrected chi connectivity index (χ0v) is 9.68. The molecule has 0 spiro atoms. The minimum Gasteiger partial charge on any atom is -0.507 e. The van der Waals surface area contributed by atoms with E-state index in [-0.39, 0.29) is 34.5 Å². The molecule has 0 saturated heterocycles. The number of carbonyl (C=O) groups is 2. The highest BCUT2D eigenvalue weighted by Crippen LogP contribution is 2.25. The van der Waals surface area contributed by atoms with Gasteiger partial charge in [0.1, 0.15) is 5.75 Å². The Morgan fingerprint density at radius 2 is 1.59 bits per heavy atom. The summed E-state index contributed by atoms with van der Waals surface area (Å²) in [6, 6.07) is 4.46. The lowest BCUT2D eigenvalue weighted by molar-refractivity contribution is 0.0991. The molecular weight excluding hydrogens is 220 g/mol. The van der Waals surface area contributed by atoms with Gasteiger partial charge in [-0.2, -0.15) is 0 Å². The Kier molecular flexibility index (Phi) is 4.17. The Morgan fingerprint density at radius 3 is 2.12 bits per heavy atom. The van der Waals surface area contributed by atoms with Gasteiger partial charge in [0.15, 0.2) is 11.6 Å². The van der Waals surface area contributed by atoms with Gasteiger partial charge < -0.3 is 10.2 Å². The highest BCUT2D eigenvalue weighted by molar-refractivity contribution is 6.23. The number of phenolic OH excluding ortho intramolecular Hbond substituents is 1. The van der Waals surface area contributed by atoms with Gasteiger partial charge in [-0.1, -0.05) is 12.1 Å². The minimum atomic E-state index is -0.326. The summed E-state index contributed by atoms with van der Waals surface area (Å²) in [6.45, 7) is 3.44. The van der Waals surface area contributed by atoms with Gasteiger partial charge in [-0.05, 0) is 32.1 Å². The van der Waals surface area contributed by atoms with E-state index in [9.17, 15) is 14.7 Å². The fraction of sp³-hybridized carbons (Fsp3) is 0.231. The predicted molar refractivity (Wildman–Crippen MR) is 63.3 cm³/mol. The van der Waals surface area contributed by atoms with Crippen molar-refractivity contribution in [3.8, 4) is 5.75 Å². The van der Waals surface area contributed by atoms with E-state index < -0.39 is 0 Å². The van der Waals surface area contributed by atoms with Gasteiger partial charge in [-0.15, -0.1) is 0 Å². The van der Waals surface area contributed by atoms with Crippen LogP contribution in [-0.2, 0) is 0 Å². The number of allylic oxidation sites excluding steroid dienone is 2. The van der Waals surface area contributed by atoms with E-state index in [1.807, 2.05) is 0 Å². The third-order valence-electron chi connectivity index (χ3n) is 1.94. The number of hydrogen-bond acceptors (Lipinski definition) is 4. The number of ketones is 2. The fourth-order valence-electron chi connectivity index (χ4n) is 1.33. The first-order chi connectivity index (χ1) is 7.93. The third kappa shape index (κ3) is 3.26. The molecule has 0 heterocycles. The fourth-order valence-corrected chi connectivity index (χ4v) is 1.33. The Hall–Kier alpha value is -1.94. The van der Waals surface area contributed by atoms with Crippen LogP contribution in [0.5, 0.6) is 5.75 Å². The molecule has 0 radical (unpaired) electrons. The molecule has 0 unspecified atom stereocenters. The molecule has 4 nitrogen and oxygen atoms in total. The molecule has 0 aromatic heterocycles. The van der Waals surface area contributed by atoms with Gasteiger partial charge in [-0.25, -0.2) is 0 Å². The summed E-state index contributed by atoms with van der Waals surface area (Å²) < 4.78 is 0. The summed E-state index contributed by atoms with van der Waals surface area (Å²) in [5, 5.41) is 17.4. The van der Waals surface area contributed by atoms with Crippen LogP contribution in [0, 0.1) is 0 Å². The zero-order valence-electron chi connectivity index (χ0n) is 9.68. The van der Waals surface area contributed by atoms with Crippen molar-refractivity contribution in [2.75, 3.05) is 0 Å². The van der Waals surface area contributed by atoms with Crippen LogP contribution in [0.25, 0.3) is 0 Å². The Morgan fingerprint density at radius 1 is 1.06 bits per heavy atom. The number of aliphatic hydroxyl groups is 1. The van der Waals surface area contributed by atoms with Crippen molar-refractivity contribution < 1.29 is 19.8 Å². The van der Waals surface area contributed by atoms with Crippen molar-refractivity contribution in [2.45, 2.75) is 20.0 Å².